The summed E-state index contributed by atoms with van der Waals surface area (Å²) in [5.74, 6) is 2.15. The summed E-state index contributed by atoms with van der Waals surface area (Å²) in [7, 11) is 0. The summed E-state index contributed by atoms with van der Waals surface area (Å²) in [6.45, 7) is 2.85. The lowest BCUT2D eigenvalue weighted by Gasteiger charge is -2.30. The molecule has 7 nitrogen and oxygen atoms in total. The van der Waals surface area contributed by atoms with E-state index in [0.29, 0.717) is 18.0 Å². The number of rotatable bonds is 6. The quantitative estimate of drug-likeness (QED) is 0.612. The minimum absolute atomic E-state index is 0.0667. The third-order valence-corrected chi connectivity index (χ3v) is 5.29. The first-order valence-corrected chi connectivity index (χ1v) is 9.63. The first-order chi connectivity index (χ1) is 13.1. The number of ether oxygens (including phenoxy) is 1. The number of hydrogen-bond acceptors (Lipinski definition) is 6. The Morgan fingerprint density at radius 3 is 2.67 bits per heavy atom. The number of nitro benzene ring substituents is 1. The van der Waals surface area contributed by atoms with Crippen molar-refractivity contribution in [2.45, 2.75) is 51.2 Å². The van der Waals surface area contributed by atoms with E-state index < -0.39 is 4.92 Å². The summed E-state index contributed by atoms with van der Waals surface area (Å²) >= 11 is 0. The number of hydrogen-bond donors (Lipinski definition) is 1. The van der Waals surface area contributed by atoms with Crippen LogP contribution in [0.5, 0.6) is 0 Å². The largest absolute Gasteiger partial charge is 0.378 e. The standard InChI is InChI=1S/C20H24N4O3/c1-2-15-12-19(21-16-9-10-27-18(11-16)13-3-4-13)23-20(22-15)14-5-7-17(8-6-14)24(25)26/h5-8,12-13,16,18H,2-4,9-11H2,1H3,(H,21,22,23). The van der Waals surface area contributed by atoms with Crippen molar-refractivity contribution in [1.29, 1.82) is 0 Å². The van der Waals surface area contributed by atoms with Crippen LogP contribution in [0.2, 0.25) is 0 Å². The van der Waals surface area contributed by atoms with E-state index in [9.17, 15) is 10.1 Å². The van der Waals surface area contributed by atoms with Crippen molar-refractivity contribution < 1.29 is 9.66 Å². The van der Waals surface area contributed by atoms with Gasteiger partial charge in [-0.25, -0.2) is 9.97 Å². The number of nitrogens with one attached hydrogen (secondary N) is 1. The molecule has 2 fully saturated rings. The van der Waals surface area contributed by atoms with Crippen LogP contribution in [0.25, 0.3) is 11.4 Å². The number of aromatic nitrogens is 2. The van der Waals surface area contributed by atoms with Gasteiger partial charge in [0.2, 0.25) is 0 Å². The van der Waals surface area contributed by atoms with Crippen molar-refractivity contribution in [2.75, 3.05) is 11.9 Å². The van der Waals surface area contributed by atoms with Crippen molar-refractivity contribution in [3.8, 4) is 11.4 Å². The van der Waals surface area contributed by atoms with Crippen LogP contribution in [0.1, 0.15) is 38.3 Å². The summed E-state index contributed by atoms with van der Waals surface area (Å²) in [4.78, 5) is 19.7. The predicted molar refractivity (Wildman–Crippen MR) is 103 cm³/mol. The Labute approximate surface area is 158 Å². The highest BCUT2D eigenvalue weighted by atomic mass is 16.6. The van der Waals surface area contributed by atoms with Gasteiger partial charge in [0.1, 0.15) is 5.82 Å². The van der Waals surface area contributed by atoms with Crippen molar-refractivity contribution in [1.82, 2.24) is 9.97 Å². The van der Waals surface area contributed by atoms with Crippen LogP contribution in [0.15, 0.2) is 30.3 Å². The first kappa shape index (κ1) is 17.9. The van der Waals surface area contributed by atoms with Crippen molar-refractivity contribution in [3.05, 3.63) is 46.1 Å². The molecule has 27 heavy (non-hydrogen) atoms. The van der Waals surface area contributed by atoms with Crippen LogP contribution in [0.3, 0.4) is 0 Å². The van der Waals surface area contributed by atoms with Gasteiger partial charge in [0.25, 0.3) is 5.69 Å². The Hall–Kier alpha value is -2.54. The van der Waals surface area contributed by atoms with Gasteiger partial charge in [0.15, 0.2) is 5.82 Å². The highest BCUT2D eigenvalue weighted by molar-refractivity contribution is 5.59. The van der Waals surface area contributed by atoms with E-state index in [-0.39, 0.29) is 5.69 Å². The Morgan fingerprint density at radius 1 is 1.22 bits per heavy atom. The van der Waals surface area contributed by atoms with Gasteiger partial charge in [-0.15, -0.1) is 0 Å². The van der Waals surface area contributed by atoms with E-state index in [2.05, 4.69) is 22.2 Å². The summed E-state index contributed by atoms with van der Waals surface area (Å²) in [5, 5.41) is 14.4. The highest BCUT2D eigenvalue weighted by Crippen LogP contribution is 2.38. The van der Waals surface area contributed by atoms with E-state index in [1.165, 1.54) is 25.0 Å². The van der Waals surface area contributed by atoms with E-state index in [4.69, 9.17) is 4.74 Å². The zero-order valence-corrected chi connectivity index (χ0v) is 15.4. The number of non-ortho nitro benzene ring substituents is 1. The molecule has 2 aliphatic rings. The molecule has 142 valence electrons. The van der Waals surface area contributed by atoms with Gasteiger partial charge < -0.3 is 10.1 Å². The molecule has 1 aromatic heterocycles. The van der Waals surface area contributed by atoms with E-state index in [0.717, 1.165) is 48.9 Å². The normalized spacial score (nSPS) is 22.4. The van der Waals surface area contributed by atoms with Gasteiger partial charge in [0.05, 0.1) is 11.0 Å². The second kappa shape index (κ2) is 7.60. The fourth-order valence-electron chi connectivity index (χ4n) is 3.58. The van der Waals surface area contributed by atoms with Gasteiger partial charge in [-0.3, -0.25) is 10.1 Å². The van der Waals surface area contributed by atoms with Gasteiger partial charge in [-0.2, -0.15) is 0 Å². The van der Waals surface area contributed by atoms with Gasteiger partial charge >= 0.3 is 0 Å². The lowest BCUT2D eigenvalue weighted by molar-refractivity contribution is -0.384. The Kier molecular flexibility index (Phi) is 5.03. The molecule has 2 aromatic rings. The lowest BCUT2D eigenvalue weighted by Crippen LogP contribution is -2.35. The molecule has 1 N–H and O–H groups in total. The number of nitrogens with zero attached hydrogens (tertiary/aromatic N) is 3. The number of benzene rings is 1. The molecule has 0 amide bonds. The Morgan fingerprint density at radius 2 is 2.00 bits per heavy atom. The van der Waals surface area contributed by atoms with Crippen LogP contribution < -0.4 is 5.32 Å². The van der Waals surface area contributed by atoms with Crippen molar-refractivity contribution in [3.63, 3.8) is 0 Å². The van der Waals surface area contributed by atoms with E-state index in [1.54, 1.807) is 12.1 Å². The summed E-state index contributed by atoms with van der Waals surface area (Å²) < 4.78 is 5.91. The molecule has 0 spiro atoms. The summed E-state index contributed by atoms with van der Waals surface area (Å²) in [6.07, 6.45) is 5.74. The van der Waals surface area contributed by atoms with Crippen molar-refractivity contribution in [2.24, 2.45) is 5.92 Å². The molecule has 1 saturated carbocycles. The molecular weight excluding hydrogens is 344 g/mol. The highest BCUT2D eigenvalue weighted by Gasteiger charge is 2.35. The number of nitro groups is 1. The van der Waals surface area contributed by atoms with Crippen LogP contribution >= 0.6 is 0 Å². The zero-order valence-electron chi connectivity index (χ0n) is 15.4. The monoisotopic (exact) mass is 368 g/mol. The third kappa shape index (κ3) is 4.24. The second-order valence-electron chi connectivity index (χ2n) is 7.34. The SMILES string of the molecule is CCc1cc(NC2CCOC(C3CC3)C2)nc(-c2ccc([N+](=O)[O-])cc2)n1. The third-order valence-electron chi connectivity index (χ3n) is 5.29. The average molecular weight is 368 g/mol. The maximum absolute atomic E-state index is 10.9. The number of aryl methyl sites for hydroxylation is 1. The van der Waals surface area contributed by atoms with Gasteiger partial charge in [-0.1, -0.05) is 6.92 Å². The van der Waals surface area contributed by atoms with Crippen LogP contribution in [-0.2, 0) is 11.2 Å². The molecule has 1 aliphatic carbocycles. The molecule has 7 heteroatoms. The van der Waals surface area contributed by atoms with Gasteiger partial charge in [-0.05, 0) is 50.2 Å². The van der Waals surface area contributed by atoms with Crippen molar-refractivity contribution >= 4 is 11.5 Å². The Bertz CT molecular complexity index is 820. The molecule has 1 saturated heterocycles. The number of anilines is 1. The molecule has 1 aromatic carbocycles. The Balaban J connectivity index is 1.54. The lowest BCUT2D eigenvalue weighted by atomic mass is 10.00. The predicted octanol–water partition coefficient (Wildman–Crippen LogP) is 3.98. The molecule has 0 bridgehead atoms. The van der Waals surface area contributed by atoms with Gasteiger partial charge in [0, 0.05) is 42.1 Å². The topological polar surface area (TPSA) is 90.2 Å². The average Bonchev–Trinajstić information content (AvgIpc) is 3.53. The zero-order chi connectivity index (χ0) is 18.8. The van der Waals surface area contributed by atoms with E-state index in [1.807, 2.05) is 6.07 Å². The molecule has 1 aliphatic heterocycles. The smallest absolute Gasteiger partial charge is 0.269 e. The minimum Gasteiger partial charge on any atom is -0.378 e. The molecular formula is C20H24N4O3. The fraction of sp³-hybridized carbons (Fsp3) is 0.500. The van der Waals surface area contributed by atoms with Crippen LogP contribution in [0, 0.1) is 16.0 Å². The molecule has 4 rings (SSSR count). The molecule has 2 unspecified atom stereocenters. The molecule has 2 atom stereocenters. The van der Waals surface area contributed by atoms with Crippen LogP contribution in [0.4, 0.5) is 11.5 Å². The minimum atomic E-state index is -0.401. The summed E-state index contributed by atoms with van der Waals surface area (Å²) in [6, 6.07) is 8.74. The first-order valence-electron chi connectivity index (χ1n) is 9.63. The second-order valence-corrected chi connectivity index (χ2v) is 7.34. The molecule has 0 radical (unpaired) electrons. The molecule has 2 heterocycles. The van der Waals surface area contributed by atoms with Crippen LogP contribution in [-0.4, -0.2) is 33.6 Å². The summed E-state index contributed by atoms with van der Waals surface area (Å²) in [5.41, 5.74) is 1.80. The van der Waals surface area contributed by atoms with E-state index >= 15 is 0 Å². The maximum atomic E-state index is 10.9. The maximum Gasteiger partial charge on any atom is 0.269 e. The fourth-order valence-corrected chi connectivity index (χ4v) is 3.58.